The third-order valence-electron chi connectivity index (χ3n) is 5.81. The van der Waals surface area contributed by atoms with Gasteiger partial charge < -0.3 is 21.6 Å². The van der Waals surface area contributed by atoms with Crippen molar-refractivity contribution in [3.63, 3.8) is 0 Å². The van der Waals surface area contributed by atoms with E-state index in [4.69, 9.17) is 16.3 Å². The number of piperazine rings is 1. The zero-order valence-electron chi connectivity index (χ0n) is 15.4. The van der Waals surface area contributed by atoms with E-state index in [0.29, 0.717) is 6.04 Å². The molecule has 6 heteroatoms. The number of rotatable bonds is 3. The van der Waals surface area contributed by atoms with Gasteiger partial charge in [0.05, 0.1) is 32.3 Å². The summed E-state index contributed by atoms with van der Waals surface area (Å²) in [6.45, 7) is 8.87. The molecular formula is C21H27Cl3N2O. The number of quaternary nitrogens is 1. The summed E-state index contributed by atoms with van der Waals surface area (Å²) in [6.07, 6.45) is 0. The normalized spacial score (nSPS) is 20.3. The molecule has 3 nitrogen and oxygen atoms in total. The fourth-order valence-corrected chi connectivity index (χ4v) is 4.36. The first-order chi connectivity index (χ1) is 12.3. The van der Waals surface area contributed by atoms with Crippen molar-refractivity contribution in [2.75, 3.05) is 52.5 Å². The number of hydrogen-bond acceptors (Lipinski definition) is 2. The maximum absolute atomic E-state index is 6.12. The Morgan fingerprint density at radius 2 is 1.37 bits per heavy atom. The van der Waals surface area contributed by atoms with E-state index in [-0.39, 0.29) is 24.8 Å². The summed E-state index contributed by atoms with van der Waals surface area (Å²) in [6, 6.07) is 19.5. The molecule has 0 aliphatic carbocycles. The molecule has 0 N–H and O–H groups in total. The fourth-order valence-electron chi connectivity index (χ4n) is 4.23. The molecule has 2 saturated heterocycles. The minimum Gasteiger partial charge on any atom is -1.00 e. The van der Waals surface area contributed by atoms with Crippen LogP contribution < -0.4 is 12.4 Å². The predicted octanol–water partition coefficient (Wildman–Crippen LogP) is 1.02. The van der Waals surface area contributed by atoms with Gasteiger partial charge in [0, 0.05) is 18.1 Å². The smallest absolute Gasteiger partial charge is 0.103 e. The summed E-state index contributed by atoms with van der Waals surface area (Å²) in [5, 5.41) is 0.798. The molecule has 2 aromatic rings. The first-order valence-corrected chi connectivity index (χ1v) is 9.61. The van der Waals surface area contributed by atoms with Crippen LogP contribution in [0.3, 0.4) is 0 Å². The number of halogens is 3. The average molecular weight is 430 g/mol. The first-order valence-electron chi connectivity index (χ1n) is 9.23. The van der Waals surface area contributed by atoms with Crippen LogP contribution >= 0.6 is 24.0 Å². The Balaban J connectivity index is 0.00000131. The summed E-state index contributed by atoms with van der Waals surface area (Å²) < 4.78 is 6.81. The van der Waals surface area contributed by atoms with Crippen LogP contribution in [0, 0.1) is 0 Å². The zero-order valence-corrected chi connectivity index (χ0v) is 17.7. The second-order valence-corrected chi connectivity index (χ2v) is 7.69. The van der Waals surface area contributed by atoms with Gasteiger partial charge in [-0.1, -0.05) is 54.1 Å². The van der Waals surface area contributed by atoms with Crippen molar-refractivity contribution >= 4 is 24.0 Å². The summed E-state index contributed by atoms with van der Waals surface area (Å²) >= 11 is 6.12. The molecule has 2 fully saturated rings. The van der Waals surface area contributed by atoms with Gasteiger partial charge in [0.25, 0.3) is 0 Å². The van der Waals surface area contributed by atoms with E-state index >= 15 is 0 Å². The third kappa shape index (κ3) is 5.17. The molecule has 1 unspecified atom stereocenters. The lowest BCUT2D eigenvalue weighted by molar-refractivity contribution is -0.939. The van der Waals surface area contributed by atoms with Gasteiger partial charge in [-0.25, -0.2) is 0 Å². The highest BCUT2D eigenvalue weighted by molar-refractivity contribution is 6.30. The lowest BCUT2D eigenvalue weighted by Crippen LogP contribution is -3.00. The Morgan fingerprint density at radius 3 is 1.96 bits per heavy atom. The molecule has 0 amide bonds. The highest BCUT2D eigenvalue weighted by atomic mass is 35.5. The third-order valence-corrected chi connectivity index (χ3v) is 6.06. The van der Waals surface area contributed by atoms with Crippen molar-refractivity contribution in [3.8, 4) is 0 Å². The van der Waals surface area contributed by atoms with Crippen molar-refractivity contribution in [1.29, 1.82) is 0 Å². The molecule has 27 heavy (non-hydrogen) atoms. The van der Waals surface area contributed by atoms with E-state index in [1.165, 1.54) is 41.8 Å². The Hall–Kier alpha value is -0.810. The van der Waals surface area contributed by atoms with E-state index in [9.17, 15) is 0 Å². The number of hydrogen-bond donors (Lipinski definition) is 0. The SMILES string of the molecule is Cl.Clc1ccc(C(c2ccccc2)N2CC[N+]3(CCOCC3)CC2)cc1.[Cl-]. The molecule has 148 valence electrons. The van der Waals surface area contributed by atoms with Gasteiger partial charge in [-0.2, -0.15) is 0 Å². The molecule has 1 spiro atoms. The van der Waals surface area contributed by atoms with E-state index in [1.807, 2.05) is 12.1 Å². The van der Waals surface area contributed by atoms with Crippen LogP contribution in [0.4, 0.5) is 0 Å². The van der Waals surface area contributed by atoms with E-state index < -0.39 is 0 Å². The summed E-state index contributed by atoms with van der Waals surface area (Å²) in [4.78, 5) is 2.64. The van der Waals surface area contributed by atoms with Crippen LogP contribution in [-0.2, 0) is 4.74 Å². The second-order valence-electron chi connectivity index (χ2n) is 7.25. The molecule has 4 rings (SSSR count). The molecule has 2 aromatic carbocycles. The number of benzene rings is 2. The van der Waals surface area contributed by atoms with E-state index in [0.717, 1.165) is 31.3 Å². The summed E-state index contributed by atoms with van der Waals surface area (Å²) in [7, 11) is 0. The van der Waals surface area contributed by atoms with E-state index in [2.05, 4.69) is 47.4 Å². The van der Waals surface area contributed by atoms with Crippen LogP contribution in [0.5, 0.6) is 0 Å². The van der Waals surface area contributed by atoms with Gasteiger partial charge in [-0.3, -0.25) is 4.90 Å². The highest BCUT2D eigenvalue weighted by Crippen LogP contribution is 2.31. The number of ether oxygens (including phenoxy) is 1. The van der Waals surface area contributed by atoms with Crippen LogP contribution in [0.2, 0.25) is 5.02 Å². The quantitative estimate of drug-likeness (QED) is 0.676. The monoisotopic (exact) mass is 428 g/mol. The van der Waals surface area contributed by atoms with Crippen molar-refractivity contribution in [2.24, 2.45) is 0 Å². The Kier molecular flexibility index (Phi) is 8.41. The Morgan fingerprint density at radius 1 is 0.815 bits per heavy atom. The topological polar surface area (TPSA) is 12.5 Å². The summed E-state index contributed by atoms with van der Waals surface area (Å²) in [5.41, 5.74) is 2.69. The molecule has 1 atom stereocenters. The number of morpholine rings is 1. The molecule has 2 aliphatic heterocycles. The van der Waals surface area contributed by atoms with Crippen molar-refractivity contribution in [1.82, 2.24) is 4.90 Å². The van der Waals surface area contributed by atoms with Crippen molar-refractivity contribution in [2.45, 2.75) is 6.04 Å². The molecular weight excluding hydrogens is 403 g/mol. The van der Waals surface area contributed by atoms with Gasteiger partial charge in [-0.05, 0) is 23.3 Å². The second kappa shape index (κ2) is 10.1. The predicted molar refractivity (Wildman–Crippen MR) is 109 cm³/mol. The van der Waals surface area contributed by atoms with Crippen LogP contribution in [0.15, 0.2) is 54.6 Å². The van der Waals surface area contributed by atoms with Gasteiger partial charge in [0.15, 0.2) is 0 Å². The Bertz CT molecular complexity index is 680. The molecule has 0 bridgehead atoms. The van der Waals surface area contributed by atoms with Crippen LogP contribution in [0.25, 0.3) is 0 Å². The lowest BCUT2D eigenvalue weighted by atomic mass is 9.96. The molecule has 0 aromatic heterocycles. The first kappa shape index (κ1) is 22.5. The molecule has 0 saturated carbocycles. The van der Waals surface area contributed by atoms with Crippen molar-refractivity contribution in [3.05, 3.63) is 70.7 Å². The summed E-state index contributed by atoms with van der Waals surface area (Å²) in [5.74, 6) is 0. The van der Waals surface area contributed by atoms with Gasteiger partial charge in [0.1, 0.15) is 13.1 Å². The maximum atomic E-state index is 6.12. The zero-order chi connectivity index (χ0) is 17.1. The minimum atomic E-state index is 0. The minimum absolute atomic E-state index is 0. The standard InChI is InChI=1S/C21H26ClN2O.2ClH/c22-20-8-6-19(7-9-20)21(18-4-2-1-3-5-18)23-10-12-24(13-11-23)14-16-25-17-15-24;;/h1-9,21H,10-17H2;2*1H/q+1;;/p-1. The van der Waals surface area contributed by atoms with Gasteiger partial charge in [-0.15, -0.1) is 12.4 Å². The largest absolute Gasteiger partial charge is 1.00 e. The fraction of sp³-hybridized carbons (Fsp3) is 0.429. The van der Waals surface area contributed by atoms with Crippen LogP contribution in [-0.4, -0.2) is 61.9 Å². The Labute approximate surface area is 179 Å². The highest BCUT2D eigenvalue weighted by Gasteiger charge is 2.37. The molecule has 2 aliphatic rings. The van der Waals surface area contributed by atoms with Gasteiger partial charge in [0.2, 0.25) is 0 Å². The maximum Gasteiger partial charge on any atom is 0.103 e. The number of nitrogens with zero attached hydrogens (tertiary/aromatic N) is 2. The molecule has 0 radical (unpaired) electrons. The van der Waals surface area contributed by atoms with Crippen LogP contribution in [0.1, 0.15) is 17.2 Å². The van der Waals surface area contributed by atoms with E-state index in [1.54, 1.807) is 0 Å². The average Bonchev–Trinajstić information content (AvgIpc) is 2.67. The lowest BCUT2D eigenvalue weighted by Gasteiger charge is -2.48. The molecule has 2 heterocycles. The van der Waals surface area contributed by atoms with Gasteiger partial charge >= 0.3 is 0 Å². The van der Waals surface area contributed by atoms with Crippen molar-refractivity contribution < 1.29 is 21.6 Å².